The van der Waals surface area contributed by atoms with Crippen molar-refractivity contribution in [1.29, 1.82) is 0 Å². The standard InChI is InChI=1S/C21H24O/c22-21-19-12-15-7-2-1-6-14(15)11-18(19)17-10-9-13-5-3-4-8-16(13)20(17)21/h9-10,12,14,18-19H,1-8,11H2. The van der Waals surface area contributed by atoms with Gasteiger partial charge in [0.2, 0.25) is 0 Å². The van der Waals surface area contributed by atoms with Gasteiger partial charge in [-0.25, -0.2) is 0 Å². The van der Waals surface area contributed by atoms with Crippen molar-refractivity contribution in [2.24, 2.45) is 11.8 Å². The first-order chi connectivity index (χ1) is 10.8. The number of hydrogen-bond donors (Lipinski definition) is 0. The highest BCUT2D eigenvalue weighted by Crippen LogP contribution is 2.51. The van der Waals surface area contributed by atoms with Gasteiger partial charge in [-0.05, 0) is 79.9 Å². The van der Waals surface area contributed by atoms with Crippen LogP contribution in [0, 0.1) is 11.8 Å². The summed E-state index contributed by atoms with van der Waals surface area (Å²) in [5.41, 5.74) is 7.05. The van der Waals surface area contributed by atoms with Crippen LogP contribution in [0.5, 0.6) is 0 Å². The first kappa shape index (κ1) is 13.1. The summed E-state index contributed by atoms with van der Waals surface area (Å²) in [6.07, 6.45) is 13.8. The zero-order valence-electron chi connectivity index (χ0n) is 13.2. The normalized spacial score (nSPS) is 32.6. The summed E-state index contributed by atoms with van der Waals surface area (Å²) in [6, 6.07) is 4.65. The Morgan fingerprint density at radius 1 is 0.955 bits per heavy atom. The number of benzene rings is 1. The molecule has 1 aromatic carbocycles. The van der Waals surface area contributed by atoms with Gasteiger partial charge in [0.1, 0.15) is 0 Å². The Morgan fingerprint density at radius 2 is 1.82 bits per heavy atom. The first-order valence-corrected chi connectivity index (χ1v) is 9.22. The Hall–Kier alpha value is -1.37. The molecule has 3 unspecified atom stereocenters. The zero-order chi connectivity index (χ0) is 14.7. The van der Waals surface area contributed by atoms with Gasteiger partial charge in [-0.1, -0.05) is 30.2 Å². The van der Waals surface area contributed by atoms with Gasteiger partial charge in [0.25, 0.3) is 0 Å². The minimum atomic E-state index is 0.174. The zero-order valence-corrected chi connectivity index (χ0v) is 13.2. The molecule has 1 heteroatoms. The highest BCUT2D eigenvalue weighted by atomic mass is 16.1. The number of fused-ring (bicyclic) bond motifs is 6. The van der Waals surface area contributed by atoms with E-state index in [1.54, 1.807) is 5.57 Å². The van der Waals surface area contributed by atoms with E-state index >= 15 is 0 Å². The molecule has 0 radical (unpaired) electrons. The minimum absolute atomic E-state index is 0.174. The Morgan fingerprint density at radius 3 is 2.77 bits per heavy atom. The second-order valence-corrected chi connectivity index (χ2v) is 7.79. The van der Waals surface area contributed by atoms with E-state index in [4.69, 9.17) is 0 Å². The van der Waals surface area contributed by atoms with Crippen LogP contribution in [-0.2, 0) is 12.8 Å². The third-order valence-corrected chi connectivity index (χ3v) is 6.67. The van der Waals surface area contributed by atoms with Crippen LogP contribution in [0.2, 0.25) is 0 Å². The van der Waals surface area contributed by atoms with Crippen LogP contribution in [-0.4, -0.2) is 5.78 Å². The SMILES string of the molecule is O=C1c2c(ccc3c2CCCC3)C2CC3CCCCC3=CC12. The first-order valence-electron chi connectivity index (χ1n) is 9.22. The van der Waals surface area contributed by atoms with Crippen LogP contribution in [0.25, 0.3) is 0 Å². The maximum absolute atomic E-state index is 13.1. The lowest BCUT2D eigenvalue weighted by atomic mass is 9.70. The summed E-state index contributed by atoms with van der Waals surface area (Å²) in [5.74, 6) is 1.88. The number of carbonyl (C=O) groups excluding carboxylic acids is 1. The molecule has 1 saturated carbocycles. The molecule has 5 rings (SSSR count). The van der Waals surface area contributed by atoms with Crippen molar-refractivity contribution in [1.82, 2.24) is 0 Å². The Labute approximate surface area is 132 Å². The molecule has 1 aromatic rings. The lowest BCUT2D eigenvalue weighted by Gasteiger charge is -2.34. The Balaban J connectivity index is 1.63. The molecule has 0 saturated heterocycles. The lowest BCUT2D eigenvalue weighted by Crippen LogP contribution is -2.24. The average Bonchev–Trinajstić information content (AvgIpc) is 2.85. The van der Waals surface area contributed by atoms with Crippen LogP contribution in [0.4, 0.5) is 0 Å². The van der Waals surface area contributed by atoms with Crippen molar-refractivity contribution >= 4 is 5.78 Å². The van der Waals surface area contributed by atoms with Crippen molar-refractivity contribution < 1.29 is 4.79 Å². The van der Waals surface area contributed by atoms with Crippen molar-refractivity contribution in [3.05, 3.63) is 46.0 Å². The van der Waals surface area contributed by atoms with E-state index in [1.807, 2.05) is 0 Å². The monoisotopic (exact) mass is 292 g/mol. The van der Waals surface area contributed by atoms with Gasteiger partial charge in [-0.15, -0.1) is 0 Å². The van der Waals surface area contributed by atoms with E-state index in [-0.39, 0.29) is 5.92 Å². The maximum atomic E-state index is 13.1. The molecule has 0 aromatic heterocycles. The molecule has 114 valence electrons. The molecule has 0 aliphatic heterocycles. The summed E-state index contributed by atoms with van der Waals surface area (Å²) in [5, 5.41) is 0. The molecule has 0 spiro atoms. The molecular formula is C21H24O. The third kappa shape index (κ3) is 1.74. The van der Waals surface area contributed by atoms with Crippen LogP contribution < -0.4 is 0 Å². The molecule has 22 heavy (non-hydrogen) atoms. The molecular weight excluding hydrogens is 268 g/mol. The number of Topliss-reactive ketones (excluding diaryl/α,β-unsaturated/α-hetero) is 1. The number of ketones is 1. The van der Waals surface area contributed by atoms with E-state index in [1.165, 1.54) is 68.1 Å². The van der Waals surface area contributed by atoms with Gasteiger partial charge < -0.3 is 0 Å². The number of carbonyl (C=O) groups is 1. The van der Waals surface area contributed by atoms with Gasteiger partial charge in [0.15, 0.2) is 5.78 Å². The summed E-state index contributed by atoms with van der Waals surface area (Å²) in [6.45, 7) is 0. The molecule has 3 atom stereocenters. The molecule has 0 amide bonds. The molecule has 1 nitrogen and oxygen atoms in total. The molecule has 4 aliphatic rings. The van der Waals surface area contributed by atoms with Crippen molar-refractivity contribution in [3.63, 3.8) is 0 Å². The maximum Gasteiger partial charge on any atom is 0.170 e. The fraction of sp³-hybridized carbons (Fsp3) is 0.571. The van der Waals surface area contributed by atoms with Crippen LogP contribution in [0.15, 0.2) is 23.8 Å². The smallest absolute Gasteiger partial charge is 0.170 e. The highest BCUT2D eigenvalue weighted by Gasteiger charge is 2.44. The quantitative estimate of drug-likeness (QED) is 0.616. The predicted octanol–water partition coefficient (Wildman–Crippen LogP) is 4.98. The van der Waals surface area contributed by atoms with Gasteiger partial charge in [0.05, 0.1) is 0 Å². The fourth-order valence-corrected chi connectivity index (χ4v) is 5.59. The molecule has 0 N–H and O–H groups in total. The number of rotatable bonds is 0. The van der Waals surface area contributed by atoms with E-state index in [9.17, 15) is 4.79 Å². The molecule has 0 heterocycles. The Kier molecular flexibility index (Phi) is 2.87. The molecule has 1 fully saturated rings. The van der Waals surface area contributed by atoms with Crippen molar-refractivity contribution in [2.75, 3.05) is 0 Å². The van der Waals surface area contributed by atoms with E-state index < -0.39 is 0 Å². The molecule has 4 aliphatic carbocycles. The Bertz CT molecular complexity index is 681. The summed E-state index contributed by atoms with van der Waals surface area (Å²) < 4.78 is 0. The second-order valence-electron chi connectivity index (χ2n) is 7.79. The lowest BCUT2D eigenvalue weighted by molar-refractivity contribution is 0.0938. The second kappa shape index (κ2) is 4.81. The van der Waals surface area contributed by atoms with Crippen molar-refractivity contribution in [2.45, 2.75) is 63.7 Å². The number of aryl methyl sites for hydroxylation is 1. The fourth-order valence-electron chi connectivity index (χ4n) is 5.59. The van der Waals surface area contributed by atoms with Gasteiger partial charge in [-0.2, -0.15) is 0 Å². The van der Waals surface area contributed by atoms with Crippen LogP contribution in [0.1, 0.15) is 77.9 Å². The summed E-state index contributed by atoms with van der Waals surface area (Å²) in [4.78, 5) is 13.1. The van der Waals surface area contributed by atoms with Crippen LogP contribution >= 0.6 is 0 Å². The average molecular weight is 292 g/mol. The summed E-state index contributed by atoms with van der Waals surface area (Å²) in [7, 11) is 0. The minimum Gasteiger partial charge on any atom is -0.293 e. The van der Waals surface area contributed by atoms with E-state index in [2.05, 4.69) is 18.2 Å². The van der Waals surface area contributed by atoms with E-state index in [0.29, 0.717) is 11.7 Å². The van der Waals surface area contributed by atoms with E-state index in [0.717, 1.165) is 17.9 Å². The van der Waals surface area contributed by atoms with Crippen molar-refractivity contribution in [3.8, 4) is 0 Å². The predicted molar refractivity (Wildman–Crippen MR) is 88.3 cm³/mol. The van der Waals surface area contributed by atoms with Crippen LogP contribution in [0.3, 0.4) is 0 Å². The van der Waals surface area contributed by atoms with Gasteiger partial charge in [0, 0.05) is 11.5 Å². The highest BCUT2D eigenvalue weighted by molar-refractivity contribution is 6.06. The van der Waals surface area contributed by atoms with Gasteiger partial charge >= 0.3 is 0 Å². The molecule has 0 bridgehead atoms. The topological polar surface area (TPSA) is 17.1 Å². The number of hydrogen-bond acceptors (Lipinski definition) is 1. The largest absolute Gasteiger partial charge is 0.293 e. The van der Waals surface area contributed by atoms with Gasteiger partial charge in [-0.3, -0.25) is 4.79 Å². The summed E-state index contributed by atoms with van der Waals surface area (Å²) >= 11 is 0. The third-order valence-electron chi connectivity index (χ3n) is 6.67. The number of allylic oxidation sites excluding steroid dienone is 2.